The van der Waals surface area contributed by atoms with Crippen LogP contribution in [0.5, 0.6) is 0 Å². The molecule has 1 aliphatic rings. The van der Waals surface area contributed by atoms with Crippen LogP contribution >= 0.6 is 0 Å². The van der Waals surface area contributed by atoms with Gasteiger partial charge in [-0.2, -0.15) is 0 Å². The Morgan fingerprint density at radius 2 is 1.68 bits per heavy atom. The van der Waals surface area contributed by atoms with Gasteiger partial charge in [0.25, 0.3) is 0 Å². The predicted molar refractivity (Wildman–Crippen MR) is 78.7 cm³/mol. The third kappa shape index (κ3) is 4.30. The van der Waals surface area contributed by atoms with Crippen LogP contribution < -0.4 is 5.73 Å². The van der Waals surface area contributed by atoms with Gasteiger partial charge >= 0.3 is 0 Å². The molecule has 1 aromatic rings. The Bertz CT molecular complexity index is 358. The van der Waals surface area contributed by atoms with Gasteiger partial charge in [-0.1, -0.05) is 43.5 Å². The monoisotopic (exact) mass is 262 g/mol. The van der Waals surface area contributed by atoms with Crippen LogP contribution in [-0.2, 0) is 13.2 Å². The lowest BCUT2D eigenvalue weighted by Gasteiger charge is -2.34. The molecule has 0 amide bonds. The molecule has 19 heavy (non-hydrogen) atoms. The lowest BCUT2D eigenvalue weighted by atomic mass is 9.93. The Kier molecular flexibility index (Phi) is 5.83. The summed E-state index contributed by atoms with van der Waals surface area (Å²) in [6.45, 7) is 2.81. The van der Waals surface area contributed by atoms with Gasteiger partial charge in [0, 0.05) is 25.7 Å². The van der Waals surface area contributed by atoms with Crippen LogP contribution in [0.2, 0.25) is 0 Å². The highest BCUT2D eigenvalue weighted by Gasteiger charge is 2.20. The van der Waals surface area contributed by atoms with Gasteiger partial charge in [0.05, 0.1) is 6.61 Å². The second kappa shape index (κ2) is 7.63. The number of aliphatic hydroxyl groups excluding tert-OH is 1. The van der Waals surface area contributed by atoms with E-state index in [1.807, 2.05) is 12.1 Å². The minimum atomic E-state index is 0.120. The van der Waals surface area contributed by atoms with Crippen molar-refractivity contribution < 1.29 is 5.11 Å². The van der Waals surface area contributed by atoms with Gasteiger partial charge in [0.2, 0.25) is 0 Å². The van der Waals surface area contributed by atoms with Gasteiger partial charge in [-0.25, -0.2) is 0 Å². The molecule has 1 saturated carbocycles. The van der Waals surface area contributed by atoms with Crippen molar-refractivity contribution in [2.24, 2.45) is 5.73 Å². The highest BCUT2D eigenvalue weighted by atomic mass is 16.3. The second-order valence-corrected chi connectivity index (χ2v) is 5.53. The van der Waals surface area contributed by atoms with Crippen LogP contribution in [0.3, 0.4) is 0 Å². The van der Waals surface area contributed by atoms with E-state index in [9.17, 15) is 0 Å². The van der Waals surface area contributed by atoms with Crippen LogP contribution in [0.4, 0.5) is 0 Å². The zero-order chi connectivity index (χ0) is 13.5. The summed E-state index contributed by atoms with van der Waals surface area (Å²) in [5.74, 6) is 0. The first kappa shape index (κ1) is 14.5. The second-order valence-electron chi connectivity index (χ2n) is 5.53. The van der Waals surface area contributed by atoms with Crippen molar-refractivity contribution in [1.82, 2.24) is 4.90 Å². The molecule has 2 rings (SSSR count). The van der Waals surface area contributed by atoms with E-state index >= 15 is 0 Å². The first-order valence-electron chi connectivity index (χ1n) is 7.46. The van der Waals surface area contributed by atoms with E-state index in [1.165, 1.54) is 37.7 Å². The Labute approximate surface area is 116 Å². The summed E-state index contributed by atoms with van der Waals surface area (Å²) in [5, 5.41) is 9.07. The van der Waals surface area contributed by atoms with Crippen molar-refractivity contribution in [3.05, 3.63) is 35.4 Å². The zero-order valence-corrected chi connectivity index (χ0v) is 11.7. The number of hydrogen-bond acceptors (Lipinski definition) is 3. The molecule has 0 aromatic heterocycles. The molecule has 0 spiro atoms. The van der Waals surface area contributed by atoms with E-state index in [2.05, 4.69) is 17.0 Å². The average molecular weight is 262 g/mol. The topological polar surface area (TPSA) is 49.5 Å². The van der Waals surface area contributed by atoms with Gasteiger partial charge in [-0.05, 0) is 24.0 Å². The number of hydrogen-bond donors (Lipinski definition) is 2. The summed E-state index contributed by atoms with van der Waals surface area (Å²) in [5.41, 5.74) is 8.06. The van der Waals surface area contributed by atoms with E-state index in [0.717, 1.165) is 25.2 Å². The molecule has 1 aromatic carbocycles. The van der Waals surface area contributed by atoms with Crippen molar-refractivity contribution in [2.45, 2.75) is 51.3 Å². The molecule has 3 nitrogen and oxygen atoms in total. The molecular formula is C16H26N2O. The van der Waals surface area contributed by atoms with Gasteiger partial charge < -0.3 is 10.8 Å². The molecule has 0 bridgehead atoms. The smallest absolute Gasteiger partial charge is 0.0681 e. The first-order chi connectivity index (χ1) is 9.33. The molecule has 0 unspecified atom stereocenters. The van der Waals surface area contributed by atoms with E-state index in [0.29, 0.717) is 6.04 Å². The van der Waals surface area contributed by atoms with Crippen molar-refractivity contribution >= 4 is 0 Å². The van der Waals surface area contributed by atoms with Crippen LogP contribution in [0, 0.1) is 0 Å². The number of nitrogens with two attached hydrogens (primary N) is 1. The normalized spacial score (nSPS) is 17.0. The lowest BCUT2D eigenvalue weighted by molar-refractivity contribution is 0.152. The third-order valence-electron chi connectivity index (χ3n) is 4.10. The summed E-state index contributed by atoms with van der Waals surface area (Å²) < 4.78 is 0. The summed E-state index contributed by atoms with van der Waals surface area (Å²) in [6.07, 6.45) is 6.73. The largest absolute Gasteiger partial charge is 0.392 e. The van der Waals surface area contributed by atoms with E-state index < -0.39 is 0 Å². The fourth-order valence-corrected chi connectivity index (χ4v) is 2.99. The van der Waals surface area contributed by atoms with Crippen LogP contribution in [0.25, 0.3) is 0 Å². The maximum absolute atomic E-state index is 9.07. The number of aliphatic hydroxyl groups is 1. The summed E-state index contributed by atoms with van der Waals surface area (Å²) in [6, 6.07) is 8.97. The molecule has 1 aliphatic carbocycles. The van der Waals surface area contributed by atoms with E-state index in [1.54, 1.807) is 0 Å². The number of benzene rings is 1. The Morgan fingerprint density at radius 3 is 2.26 bits per heavy atom. The van der Waals surface area contributed by atoms with Crippen LogP contribution in [-0.4, -0.2) is 29.1 Å². The van der Waals surface area contributed by atoms with E-state index in [4.69, 9.17) is 10.8 Å². The molecule has 0 atom stereocenters. The summed E-state index contributed by atoms with van der Waals surface area (Å²) in [7, 11) is 0. The fourth-order valence-electron chi connectivity index (χ4n) is 2.99. The molecule has 0 saturated heterocycles. The Balaban J connectivity index is 1.97. The number of nitrogens with zero attached hydrogens (tertiary/aromatic N) is 1. The zero-order valence-electron chi connectivity index (χ0n) is 11.7. The Morgan fingerprint density at radius 1 is 1.05 bits per heavy atom. The minimum absolute atomic E-state index is 0.120. The summed E-state index contributed by atoms with van der Waals surface area (Å²) >= 11 is 0. The van der Waals surface area contributed by atoms with Gasteiger partial charge in [-0.15, -0.1) is 0 Å². The molecule has 3 heteroatoms. The molecule has 3 N–H and O–H groups in total. The van der Waals surface area contributed by atoms with Crippen molar-refractivity contribution in [2.75, 3.05) is 13.1 Å². The fraction of sp³-hybridized carbons (Fsp3) is 0.625. The predicted octanol–water partition coefficient (Wildman–Crippen LogP) is 2.27. The molecule has 0 aliphatic heterocycles. The molecular weight excluding hydrogens is 236 g/mol. The van der Waals surface area contributed by atoms with E-state index in [-0.39, 0.29) is 6.61 Å². The lowest BCUT2D eigenvalue weighted by Crippen LogP contribution is -2.39. The number of rotatable bonds is 6. The maximum atomic E-state index is 9.07. The maximum Gasteiger partial charge on any atom is 0.0681 e. The van der Waals surface area contributed by atoms with Crippen molar-refractivity contribution in [3.63, 3.8) is 0 Å². The van der Waals surface area contributed by atoms with Crippen molar-refractivity contribution in [1.29, 1.82) is 0 Å². The highest BCUT2D eigenvalue weighted by Crippen LogP contribution is 2.23. The van der Waals surface area contributed by atoms with Crippen LogP contribution in [0.15, 0.2) is 24.3 Å². The third-order valence-corrected chi connectivity index (χ3v) is 4.10. The Hall–Kier alpha value is -0.900. The SMILES string of the molecule is NCCN(Cc1ccc(CO)cc1)C1CCCCC1. The highest BCUT2D eigenvalue weighted by molar-refractivity contribution is 5.22. The molecule has 1 fully saturated rings. The summed E-state index contributed by atoms with van der Waals surface area (Å²) in [4.78, 5) is 2.53. The molecule has 0 heterocycles. The molecule has 106 valence electrons. The van der Waals surface area contributed by atoms with Gasteiger partial charge in [0.15, 0.2) is 0 Å². The van der Waals surface area contributed by atoms with Crippen LogP contribution in [0.1, 0.15) is 43.2 Å². The minimum Gasteiger partial charge on any atom is -0.392 e. The van der Waals surface area contributed by atoms with Crippen molar-refractivity contribution in [3.8, 4) is 0 Å². The van der Waals surface area contributed by atoms with Gasteiger partial charge in [0.1, 0.15) is 0 Å². The molecule has 0 radical (unpaired) electrons. The first-order valence-corrected chi connectivity index (χ1v) is 7.46. The van der Waals surface area contributed by atoms with Gasteiger partial charge in [-0.3, -0.25) is 4.90 Å². The standard InChI is InChI=1S/C16H26N2O/c17-10-11-18(16-4-2-1-3-5-16)12-14-6-8-15(13-19)9-7-14/h6-9,16,19H,1-5,10-13,17H2. The average Bonchev–Trinajstić information content (AvgIpc) is 2.48. The quantitative estimate of drug-likeness (QED) is 0.827.